The van der Waals surface area contributed by atoms with Crippen LogP contribution in [0.4, 0.5) is 0 Å². The second-order valence-corrected chi connectivity index (χ2v) is 2.69. The Morgan fingerprint density at radius 1 is 1.70 bits per heavy atom. The third-order valence-electron chi connectivity index (χ3n) is 1.23. The van der Waals surface area contributed by atoms with Crippen LogP contribution in [0, 0.1) is 12.3 Å². The van der Waals surface area contributed by atoms with Gasteiger partial charge in [-0.25, -0.2) is 0 Å². The van der Waals surface area contributed by atoms with Crippen molar-refractivity contribution in [3.8, 4) is 5.92 Å². The van der Waals surface area contributed by atoms with E-state index in [4.69, 9.17) is 6.42 Å². The monoisotopic (exact) mass is 150 g/mol. The van der Waals surface area contributed by atoms with Gasteiger partial charge in [0.25, 0.3) is 0 Å². The van der Waals surface area contributed by atoms with E-state index in [0.29, 0.717) is 0 Å². The molecule has 0 N–H and O–H groups in total. The Morgan fingerprint density at radius 3 is 3.20 bits per heavy atom. The zero-order valence-corrected chi connectivity index (χ0v) is 6.45. The molecule has 1 radical (unpaired) electrons. The highest BCUT2D eigenvalue weighted by Crippen LogP contribution is 2.03. The van der Waals surface area contributed by atoms with Gasteiger partial charge in [0.2, 0.25) is 0 Å². The average molecular weight is 150 g/mol. The second kappa shape index (κ2) is 4.08. The van der Waals surface area contributed by atoms with E-state index >= 15 is 0 Å². The van der Waals surface area contributed by atoms with E-state index in [9.17, 15) is 0 Å². The van der Waals surface area contributed by atoms with Crippen molar-refractivity contribution in [2.45, 2.75) is 19.3 Å². The molecular formula is C8H8NS. The van der Waals surface area contributed by atoms with Gasteiger partial charge in [0.05, 0.1) is 5.69 Å². The number of unbranched alkanes of at least 4 members (excludes halogenated alkanes) is 1. The summed E-state index contributed by atoms with van der Waals surface area (Å²) in [6.45, 7) is 0. The molecular weight excluding hydrogens is 142 g/mol. The summed E-state index contributed by atoms with van der Waals surface area (Å²) in [5.41, 5.74) is 1.14. The van der Waals surface area contributed by atoms with Crippen LogP contribution in [-0.2, 0) is 6.42 Å². The zero-order chi connectivity index (χ0) is 7.23. The van der Waals surface area contributed by atoms with Crippen LogP contribution in [0.15, 0.2) is 11.4 Å². The molecule has 0 aromatic carbocycles. The predicted molar refractivity (Wildman–Crippen MR) is 42.2 cm³/mol. The van der Waals surface area contributed by atoms with Crippen molar-refractivity contribution >= 4 is 11.5 Å². The van der Waals surface area contributed by atoms with Crippen molar-refractivity contribution < 1.29 is 0 Å². The van der Waals surface area contributed by atoms with Crippen molar-refractivity contribution in [1.82, 2.24) is 4.37 Å². The number of aryl methyl sites for hydroxylation is 1. The van der Waals surface area contributed by atoms with Crippen molar-refractivity contribution in [3.63, 3.8) is 0 Å². The molecule has 1 aromatic heterocycles. The van der Waals surface area contributed by atoms with Gasteiger partial charge in [-0.2, -0.15) is 4.37 Å². The van der Waals surface area contributed by atoms with Crippen LogP contribution < -0.4 is 0 Å². The highest BCUT2D eigenvalue weighted by Gasteiger charge is 1.92. The lowest BCUT2D eigenvalue weighted by Crippen LogP contribution is -1.82. The molecule has 1 nitrogen and oxygen atoms in total. The Labute approximate surface area is 65.3 Å². The van der Waals surface area contributed by atoms with E-state index in [2.05, 4.69) is 10.3 Å². The fourth-order valence-electron chi connectivity index (χ4n) is 0.724. The van der Waals surface area contributed by atoms with Gasteiger partial charge >= 0.3 is 0 Å². The Bertz CT molecular complexity index is 208. The maximum Gasteiger partial charge on any atom is 0.0542 e. The molecule has 0 aliphatic carbocycles. The normalized spacial score (nSPS) is 9.10. The van der Waals surface area contributed by atoms with Crippen LogP contribution in [0.2, 0.25) is 0 Å². The molecule has 10 heavy (non-hydrogen) atoms. The molecule has 1 rings (SSSR count). The molecule has 2 heteroatoms. The average Bonchev–Trinajstić information content (AvgIpc) is 2.41. The summed E-state index contributed by atoms with van der Waals surface area (Å²) in [4.78, 5) is 0. The van der Waals surface area contributed by atoms with Crippen molar-refractivity contribution in [3.05, 3.63) is 23.6 Å². The van der Waals surface area contributed by atoms with E-state index in [1.165, 1.54) is 11.5 Å². The molecule has 0 fully saturated rings. The maximum absolute atomic E-state index is 6.66. The van der Waals surface area contributed by atoms with Crippen molar-refractivity contribution in [2.24, 2.45) is 0 Å². The fourth-order valence-corrected chi connectivity index (χ4v) is 1.29. The van der Waals surface area contributed by atoms with Gasteiger partial charge in [0, 0.05) is 11.8 Å². The lowest BCUT2D eigenvalue weighted by atomic mass is 10.2. The largest absolute Gasteiger partial charge is 0.198 e. The van der Waals surface area contributed by atoms with Gasteiger partial charge in [-0.05, 0) is 36.9 Å². The van der Waals surface area contributed by atoms with Gasteiger partial charge in [0.15, 0.2) is 0 Å². The first-order valence-electron chi connectivity index (χ1n) is 3.22. The van der Waals surface area contributed by atoms with Gasteiger partial charge in [-0.15, -0.1) is 0 Å². The summed E-state index contributed by atoms with van der Waals surface area (Å²) < 4.78 is 4.14. The summed E-state index contributed by atoms with van der Waals surface area (Å²) in [6.07, 6.45) is 9.39. The molecule has 0 aliphatic rings. The Morgan fingerprint density at radius 2 is 2.60 bits per heavy atom. The van der Waals surface area contributed by atoms with Gasteiger partial charge in [-0.1, -0.05) is 5.92 Å². The summed E-state index contributed by atoms with van der Waals surface area (Å²) >= 11 is 1.48. The Balaban J connectivity index is 2.23. The van der Waals surface area contributed by atoms with E-state index in [0.717, 1.165) is 25.0 Å². The molecule has 0 amide bonds. The molecule has 0 aliphatic heterocycles. The number of hydrogen-bond acceptors (Lipinski definition) is 2. The minimum absolute atomic E-state index is 0.748. The molecule has 0 spiro atoms. The van der Waals surface area contributed by atoms with Gasteiger partial charge in [0.1, 0.15) is 0 Å². The highest BCUT2D eigenvalue weighted by atomic mass is 32.1. The molecule has 1 heterocycles. The van der Waals surface area contributed by atoms with Crippen molar-refractivity contribution in [1.29, 1.82) is 0 Å². The highest BCUT2D eigenvalue weighted by molar-refractivity contribution is 7.03. The molecule has 0 saturated carbocycles. The van der Waals surface area contributed by atoms with Gasteiger partial charge in [-0.3, -0.25) is 0 Å². The molecule has 0 bridgehead atoms. The quantitative estimate of drug-likeness (QED) is 0.474. The van der Waals surface area contributed by atoms with Crippen LogP contribution in [0.5, 0.6) is 0 Å². The standard InChI is InChI=1S/C8H8NS/c1-2-3-4-5-8-6-7-10-9-8/h6-7H,3-5H2. The smallest absolute Gasteiger partial charge is 0.0542 e. The third-order valence-corrected chi connectivity index (χ3v) is 1.82. The molecule has 0 saturated heterocycles. The van der Waals surface area contributed by atoms with E-state index in [-0.39, 0.29) is 0 Å². The number of rotatable bonds is 3. The third kappa shape index (κ3) is 2.20. The number of nitrogens with zero attached hydrogens (tertiary/aromatic N) is 1. The molecule has 51 valence electrons. The lowest BCUT2D eigenvalue weighted by molar-refractivity contribution is 0.842. The molecule has 0 atom stereocenters. The van der Waals surface area contributed by atoms with Crippen LogP contribution in [0.3, 0.4) is 0 Å². The number of aromatic nitrogens is 1. The Kier molecular flexibility index (Phi) is 2.98. The van der Waals surface area contributed by atoms with E-state index in [1.54, 1.807) is 0 Å². The summed E-state index contributed by atoms with van der Waals surface area (Å²) in [5.74, 6) is 2.36. The topological polar surface area (TPSA) is 12.9 Å². The Hall–Kier alpha value is -0.810. The van der Waals surface area contributed by atoms with Crippen LogP contribution in [0.1, 0.15) is 18.5 Å². The maximum atomic E-state index is 6.66. The van der Waals surface area contributed by atoms with Crippen LogP contribution >= 0.6 is 11.5 Å². The van der Waals surface area contributed by atoms with Crippen molar-refractivity contribution in [2.75, 3.05) is 0 Å². The SMILES string of the molecule is [C]#CCCCc1ccsn1. The minimum atomic E-state index is 0.748. The molecule has 1 aromatic rings. The summed E-state index contributed by atoms with van der Waals surface area (Å²) in [5, 5.41) is 1.98. The summed E-state index contributed by atoms with van der Waals surface area (Å²) in [7, 11) is 0. The number of hydrogen-bond donors (Lipinski definition) is 0. The van der Waals surface area contributed by atoms with E-state index < -0.39 is 0 Å². The first-order valence-corrected chi connectivity index (χ1v) is 4.06. The lowest BCUT2D eigenvalue weighted by Gasteiger charge is -1.89. The fraction of sp³-hybridized carbons (Fsp3) is 0.375. The summed E-state index contributed by atoms with van der Waals surface area (Å²) in [6, 6.07) is 2.02. The van der Waals surface area contributed by atoms with Crippen LogP contribution in [0.25, 0.3) is 0 Å². The molecule has 0 unspecified atom stereocenters. The predicted octanol–water partition coefficient (Wildman–Crippen LogP) is 2.06. The first kappa shape index (κ1) is 7.30. The van der Waals surface area contributed by atoms with E-state index in [1.807, 2.05) is 11.4 Å². The second-order valence-electron chi connectivity index (χ2n) is 2.02. The van der Waals surface area contributed by atoms with Crippen LogP contribution in [-0.4, -0.2) is 4.37 Å². The minimum Gasteiger partial charge on any atom is -0.198 e. The van der Waals surface area contributed by atoms with Gasteiger partial charge < -0.3 is 0 Å². The zero-order valence-electron chi connectivity index (χ0n) is 5.63. The first-order chi connectivity index (χ1) is 4.93.